The van der Waals surface area contributed by atoms with E-state index >= 15 is 0 Å². The summed E-state index contributed by atoms with van der Waals surface area (Å²) in [7, 11) is 0. The summed E-state index contributed by atoms with van der Waals surface area (Å²) >= 11 is 0. The van der Waals surface area contributed by atoms with Crippen molar-refractivity contribution in [3.8, 4) is 0 Å². The van der Waals surface area contributed by atoms with Crippen LogP contribution in [-0.4, -0.2) is 23.3 Å². The number of carbonyl (C=O) groups is 2. The third-order valence-corrected chi connectivity index (χ3v) is 3.95. The Hall–Kier alpha value is -2.68. The van der Waals surface area contributed by atoms with Crippen molar-refractivity contribution in [2.24, 2.45) is 0 Å². The Bertz CT molecular complexity index is 634. The summed E-state index contributed by atoms with van der Waals surface area (Å²) in [4.78, 5) is 24.7. The van der Waals surface area contributed by atoms with Gasteiger partial charge in [0, 0.05) is 24.6 Å². The van der Waals surface area contributed by atoms with Gasteiger partial charge in [0.25, 0.3) is 11.8 Å². The quantitative estimate of drug-likeness (QED) is 0.794. The van der Waals surface area contributed by atoms with E-state index < -0.39 is 0 Å². The molecule has 2 aromatic carbocycles. The summed E-state index contributed by atoms with van der Waals surface area (Å²) in [5, 5.41) is 0. The van der Waals surface area contributed by atoms with Crippen molar-refractivity contribution in [2.75, 3.05) is 6.54 Å². The zero-order valence-electron chi connectivity index (χ0n) is 12.2. The molecule has 0 radical (unpaired) electrons. The second kappa shape index (κ2) is 6.39. The van der Waals surface area contributed by atoms with Gasteiger partial charge in [0.05, 0.1) is 0 Å². The maximum atomic E-state index is 11.7. The molecular weight excluding hydrogens is 274 g/mol. The molecule has 0 saturated carbocycles. The lowest BCUT2D eigenvalue weighted by Gasteiger charge is -2.21. The van der Waals surface area contributed by atoms with E-state index in [1.54, 1.807) is 0 Å². The first-order valence-corrected chi connectivity index (χ1v) is 7.39. The van der Waals surface area contributed by atoms with Crippen LogP contribution < -0.4 is 0 Å². The van der Waals surface area contributed by atoms with Crippen molar-refractivity contribution in [3.05, 3.63) is 83.9 Å². The zero-order valence-corrected chi connectivity index (χ0v) is 12.2. The van der Waals surface area contributed by atoms with Crippen molar-refractivity contribution < 1.29 is 9.59 Å². The molecule has 0 atom stereocenters. The summed E-state index contributed by atoms with van der Waals surface area (Å²) < 4.78 is 0. The molecule has 1 aliphatic rings. The molecule has 0 unspecified atom stereocenters. The van der Waals surface area contributed by atoms with Crippen LogP contribution in [0.5, 0.6) is 0 Å². The minimum Gasteiger partial charge on any atom is -0.275 e. The molecule has 0 N–H and O–H groups in total. The number of benzene rings is 2. The Morgan fingerprint density at radius 1 is 0.727 bits per heavy atom. The zero-order chi connectivity index (χ0) is 15.4. The first-order chi connectivity index (χ1) is 10.8. The van der Waals surface area contributed by atoms with E-state index in [0.29, 0.717) is 13.0 Å². The first-order valence-electron chi connectivity index (χ1n) is 7.39. The van der Waals surface area contributed by atoms with Gasteiger partial charge in [0.2, 0.25) is 0 Å². The predicted molar refractivity (Wildman–Crippen MR) is 85.2 cm³/mol. The summed E-state index contributed by atoms with van der Waals surface area (Å²) in [5.74, 6) is -0.265. The van der Waals surface area contributed by atoms with Crippen LogP contribution in [0.15, 0.2) is 72.8 Å². The van der Waals surface area contributed by atoms with Gasteiger partial charge in [0.15, 0.2) is 0 Å². The summed E-state index contributed by atoms with van der Waals surface area (Å²) in [6, 6.07) is 20.4. The van der Waals surface area contributed by atoms with E-state index in [2.05, 4.69) is 24.3 Å². The fourth-order valence-electron chi connectivity index (χ4n) is 2.81. The van der Waals surface area contributed by atoms with Gasteiger partial charge in [0.1, 0.15) is 0 Å². The number of nitrogens with zero attached hydrogens (tertiary/aromatic N) is 1. The van der Waals surface area contributed by atoms with Crippen LogP contribution >= 0.6 is 0 Å². The molecule has 0 aliphatic carbocycles. The lowest BCUT2D eigenvalue weighted by atomic mass is 9.88. The number of hydrogen-bond acceptors (Lipinski definition) is 2. The highest BCUT2D eigenvalue weighted by molar-refractivity contribution is 6.12. The highest BCUT2D eigenvalue weighted by atomic mass is 16.2. The van der Waals surface area contributed by atoms with Gasteiger partial charge < -0.3 is 0 Å². The Labute approximate surface area is 129 Å². The van der Waals surface area contributed by atoms with E-state index in [9.17, 15) is 9.59 Å². The fraction of sp³-hybridized carbons (Fsp3) is 0.158. The van der Waals surface area contributed by atoms with Gasteiger partial charge >= 0.3 is 0 Å². The molecule has 3 rings (SSSR count). The van der Waals surface area contributed by atoms with Crippen LogP contribution in [0.25, 0.3) is 0 Å². The van der Waals surface area contributed by atoms with E-state index in [0.717, 1.165) is 0 Å². The molecule has 0 saturated heterocycles. The van der Waals surface area contributed by atoms with Crippen LogP contribution in [0, 0.1) is 0 Å². The van der Waals surface area contributed by atoms with Crippen LogP contribution in [0.3, 0.4) is 0 Å². The lowest BCUT2D eigenvalue weighted by Crippen LogP contribution is -2.31. The Balaban J connectivity index is 1.81. The third-order valence-electron chi connectivity index (χ3n) is 3.95. The number of hydrogen-bond donors (Lipinski definition) is 0. The topological polar surface area (TPSA) is 37.4 Å². The van der Waals surface area contributed by atoms with E-state index in [1.807, 2.05) is 36.4 Å². The van der Waals surface area contributed by atoms with Gasteiger partial charge in [-0.3, -0.25) is 14.5 Å². The second-order valence-electron chi connectivity index (χ2n) is 5.32. The number of amides is 2. The summed E-state index contributed by atoms with van der Waals surface area (Å²) in [6.45, 7) is 0.430. The van der Waals surface area contributed by atoms with Crippen molar-refractivity contribution in [1.29, 1.82) is 0 Å². The largest absolute Gasteiger partial charge is 0.275 e. The Morgan fingerprint density at radius 3 is 1.64 bits per heavy atom. The molecule has 1 heterocycles. The molecule has 0 bridgehead atoms. The van der Waals surface area contributed by atoms with Crippen molar-refractivity contribution in [2.45, 2.75) is 12.3 Å². The molecule has 0 aromatic heterocycles. The number of rotatable bonds is 5. The lowest BCUT2D eigenvalue weighted by molar-refractivity contribution is -0.136. The summed E-state index contributed by atoms with van der Waals surface area (Å²) in [6.07, 6.45) is 3.39. The Kier molecular flexibility index (Phi) is 4.15. The normalized spacial score (nSPS) is 14.1. The van der Waals surface area contributed by atoms with E-state index in [-0.39, 0.29) is 17.7 Å². The molecule has 0 spiro atoms. The molecular formula is C19H17NO2. The van der Waals surface area contributed by atoms with Crippen LogP contribution in [0.4, 0.5) is 0 Å². The average Bonchev–Trinajstić information content (AvgIpc) is 2.89. The summed E-state index contributed by atoms with van der Waals surface area (Å²) in [5.41, 5.74) is 2.39. The van der Waals surface area contributed by atoms with Gasteiger partial charge in [-0.05, 0) is 17.5 Å². The monoisotopic (exact) mass is 291 g/mol. The molecule has 1 aliphatic heterocycles. The predicted octanol–water partition coefficient (Wildman–Crippen LogP) is 3.13. The number of carbonyl (C=O) groups excluding carboxylic acids is 2. The van der Waals surface area contributed by atoms with Crippen LogP contribution in [0.2, 0.25) is 0 Å². The molecule has 3 nitrogen and oxygen atoms in total. The number of imide groups is 1. The van der Waals surface area contributed by atoms with Gasteiger partial charge in [-0.2, -0.15) is 0 Å². The van der Waals surface area contributed by atoms with Gasteiger partial charge in [-0.15, -0.1) is 0 Å². The van der Waals surface area contributed by atoms with Crippen LogP contribution in [-0.2, 0) is 9.59 Å². The standard InChI is InChI=1S/C19H17NO2/c21-18-11-12-19(22)20(18)14-13-17(15-7-3-1-4-8-15)16-9-5-2-6-10-16/h1-12,17H,13-14H2. The maximum absolute atomic E-state index is 11.7. The SMILES string of the molecule is O=C1C=CC(=O)N1CCC(c1ccccc1)c1ccccc1. The van der Waals surface area contributed by atoms with Crippen molar-refractivity contribution in [1.82, 2.24) is 4.90 Å². The van der Waals surface area contributed by atoms with E-state index in [4.69, 9.17) is 0 Å². The average molecular weight is 291 g/mol. The third kappa shape index (κ3) is 2.98. The molecule has 3 heteroatoms. The second-order valence-corrected chi connectivity index (χ2v) is 5.32. The first kappa shape index (κ1) is 14.3. The van der Waals surface area contributed by atoms with Crippen molar-refractivity contribution >= 4 is 11.8 Å². The van der Waals surface area contributed by atoms with Crippen LogP contribution in [0.1, 0.15) is 23.5 Å². The van der Waals surface area contributed by atoms with Gasteiger partial charge in [-0.1, -0.05) is 60.7 Å². The molecule has 22 heavy (non-hydrogen) atoms. The maximum Gasteiger partial charge on any atom is 0.253 e. The van der Waals surface area contributed by atoms with Gasteiger partial charge in [-0.25, -0.2) is 0 Å². The Morgan fingerprint density at radius 2 is 1.18 bits per heavy atom. The van der Waals surface area contributed by atoms with Crippen molar-refractivity contribution in [3.63, 3.8) is 0 Å². The smallest absolute Gasteiger partial charge is 0.253 e. The molecule has 0 fully saturated rings. The fourth-order valence-corrected chi connectivity index (χ4v) is 2.81. The minimum atomic E-state index is -0.218. The minimum absolute atomic E-state index is 0.170. The molecule has 110 valence electrons. The van der Waals surface area contributed by atoms with E-state index in [1.165, 1.54) is 28.2 Å². The highest BCUT2D eigenvalue weighted by Crippen LogP contribution is 2.28. The molecule has 2 amide bonds. The molecule has 2 aromatic rings. The highest BCUT2D eigenvalue weighted by Gasteiger charge is 2.24.